The van der Waals surface area contributed by atoms with E-state index in [1.165, 1.54) is 4.90 Å². The summed E-state index contributed by atoms with van der Waals surface area (Å²) < 4.78 is 38.2. The first-order valence-electron chi connectivity index (χ1n) is 15.2. The van der Waals surface area contributed by atoms with Crippen molar-refractivity contribution in [3.63, 3.8) is 0 Å². The number of rotatable bonds is 11. The highest BCUT2D eigenvalue weighted by Gasteiger charge is 2.70. The molecule has 15 heteroatoms. The van der Waals surface area contributed by atoms with Crippen LogP contribution >= 0.6 is 0 Å². The van der Waals surface area contributed by atoms with Crippen LogP contribution in [0.5, 0.6) is 0 Å². The van der Waals surface area contributed by atoms with Crippen LogP contribution in [0.2, 0.25) is 0 Å². The number of hydrogen-bond donors (Lipinski definition) is 5. The first-order chi connectivity index (χ1) is 20.4. The number of ketones is 1. The number of fused-ring (bicyclic) bond motifs is 1. The molecule has 254 valence electrons. The Kier molecular flexibility index (Phi) is 9.96. The standard InChI is InChI=1S/C30H47F3N6O6/c1-27(2,3)17(12-35-25(44)30(31,32)33)37-26(45)38-21(28(4,5)6)24(43)39-13-15-18(29(15,7)8)19(39)23(42)36-16(11-14-9-10-14)20(40)22(34)41/h14-19,21H,9-13H2,1-8H3,(H2,34,41)(H,35,44)(H,36,42)(H2,37,38,45)/t15-,16?,17+,18-,19-,21+/m0/s1. The van der Waals surface area contributed by atoms with E-state index in [9.17, 15) is 41.9 Å². The van der Waals surface area contributed by atoms with E-state index in [-0.39, 0.29) is 36.1 Å². The van der Waals surface area contributed by atoms with E-state index in [0.717, 1.165) is 12.8 Å². The number of primary amides is 1. The third kappa shape index (κ3) is 8.46. The normalized spacial score (nSPS) is 24.4. The van der Waals surface area contributed by atoms with E-state index >= 15 is 0 Å². The molecule has 0 bridgehead atoms. The third-order valence-electron chi connectivity index (χ3n) is 9.37. The fourth-order valence-electron chi connectivity index (χ4n) is 6.17. The topological polar surface area (TPSA) is 180 Å². The number of likely N-dealkylation sites (tertiary alicyclic amines) is 1. The lowest BCUT2D eigenvalue weighted by Gasteiger charge is -2.38. The molecular formula is C30H47F3N6O6. The average Bonchev–Trinajstić information content (AvgIpc) is 3.73. The zero-order valence-electron chi connectivity index (χ0n) is 27.2. The summed E-state index contributed by atoms with van der Waals surface area (Å²) in [6.07, 6.45) is -3.07. The number of alkyl halides is 3. The van der Waals surface area contributed by atoms with Gasteiger partial charge in [0.1, 0.15) is 12.1 Å². The van der Waals surface area contributed by atoms with Crippen molar-refractivity contribution in [1.82, 2.24) is 26.2 Å². The molecule has 6 atom stereocenters. The maximum Gasteiger partial charge on any atom is 0.471 e. The molecule has 0 aromatic carbocycles. The largest absolute Gasteiger partial charge is 0.471 e. The highest BCUT2D eigenvalue weighted by molar-refractivity contribution is 6.37. The Bertz CT molecular complexity index is 1220. The molecule has 2 saturated carbocycles. The summed E-state index contributed by atoms with van der Waals surface area (Å²) in [5.41, 5.74) is 3.34. The van der Waals surface area contributed by atoms with Crippen molar-refractivity contribution in [2.45, 2.75) is 105 Å². The molecule has 1 unspecified atom stereocenters. The number of Topliss-reactive ketones (excluding diaryl/α,β-unsaturated/α-hetero) is 1. The van der Waals surface area contributed by atoms with Crippen molar-refractivity contribution < 1.29 is 41.9 Å². The molecule has 0 aromatic rings. The number of nitrogens with two attached hydrogens (primary N) is 1. The van der Waals surface area contributed by atoms with E-state index in [1.807, 2.05) is 13.8 Å². The van der Waals surface area contributed by atoms with Gasteiger partial charge in [0, 0.05) is 13.1 Å². The van der Waals surface area contributed by atoms with Crippen LogP contribution in [0.15, 0.2) is 0 Å². The first kappa shape index (κ1) is 36.1. The summed E-state index contributed by atoms with van der Waals surface area (Å²) in [4.78, 5) is 78.1. The number of amides is 6. The number of urea groups is 1. The van der Waals surface area contributed by atoms with Crippen LogP contribution < -0.4 is 27.0 Å². The van der Waals surface area contributed by atoms with Gasteiger partial charge in [0.05, 0.1) is 12.1 Å². The molecule has 6 amide bonds. The Hall–Kier alpha value is -3.39. The molecule has 3 fully saturated rings. The summed E-state index contributed by atoms with van der Waals surface area (Å²) in [5.74, 6) is -5.35. The molecule has 2 aliphatic carbocycles. The van der Waals surface area contributed by atoms with E-state index in [2.05, 4.69) is 16.0 Å². The number of piperidine rings is 1. The zero-order chi connectivity index (χ0) is 34.4. The molecule has 0 spiro atoms. The van der Waals surface area contributed by atoms with Gasteiger partial charge in [-0.2, -0.15) is 13.2 Å². The number of nitrogens with zero attached hydrogens (tertiary/aromatic N) is 1. The molecule has 45 heavy (non-hydrogen) atoms. The Labute approximate surface area is 261 Å². The maximum absolute atomic E-state index is 14.1. The van der Waals surface area contributed by atoms with Gasteiger partial charge in [-0.05, 0) is 40.4 Å². The maximum atomic E-state index is 14.1. The lowest BCUT2D eigenvalue weighted by Crippen LogP contribution is -2.62. The third-order valence-corrected chi connectivity index (χ3v) is 9.37. The second kappa shape index (κ2) is 12.4. The number of carbonyl (C=O) groups is 6. The highest BCUT2D eigenvalue weighted by atomic mass is 19.4. The number of halogens is 3. The lowest BCUT2D eigenvalue weighted by atomic mass is 9.85. The SMILES string of the molecule is CC(C)(C)[C@H](NC(=O)N[C@H](CNC(=O)C(F)(F)F)C(C)(C)C)C(=O)N1C[C@H]2[C@@H]([C@H]1C(=O)NC(CC1CC1)C(=O)C(N)=O)C2(C)C. The van der Waals surface area contributed by atoms with Gasteiger partial charge >= 0.3 is 18.1 Å². The number of nitrogens with one attached hydrogen (secondary N) is 4. The Balaban J connectivity index is 1.80. The summed E-state index contributed by atoms with van der Waals surface area (Å²) in [6, 6.07) is -5.01. The first-order valence-corrected chi connectivity index (χ1v) is 15.2. The summed E-state index contributed by atoms with van der Waals surface area (Å²) >= 11 is 0. The van der Waals surface area contributed by atoms with Crippen LogP contribution in [-0.2, 0) is 24.0 Å². The van der Waals surface area contributed by atoms with Crippen LogP contribution in [0.25, 0.3) is 0 Å². The molecule has 1 saturated heterocycles. The van der Waals surface area contributed by atoms with Crippen LogP contribution in [0, 0.1) is 34.0 Å². The van der Waals surface area contributed by atoms with Crippen LogP contribution in [0.4, 0.5) is 18.0 Å². The molecule has 12 nitrogen and oxygen atoms in total. The highest BCUT2D eigenvalue weighted by Crippen LogP contribution is 2.65. The Morgan fingerprint density at radius 2 is 1.49 bits per heavy atom. The average molecular weight is 645 g/mol. The Morgan fingerprint density at radius 3 is 1.96 bits per heavy atom. The monoisotopic (exact) mass is 644 g/mol. The fourth-order valence-corrected chi connectivity index (χ4v) is 6.17. The second-order valence-electron chi connectivity index (χ2n) is 15.4. The molecule has 3 rings (SSSR count). The van der Waals surface area contributed by atoms with Crippen molar-refractivity contribution in [3.05, 3.63) is 0 Å². The van der Waals surface area contributed by atoms with Gasteiger partial charge in [-0.3, -0.25) is 24.0 Å². The predicted molar refractivity (Wildman–Crippen MR) is 157 cm³/mol. The van der Waals surface area contributed by atoms with Gasteiger partial charge in [0.2, 0.25) is 17.6 Å². The fraction of sp³-hybridized carbons (Fsp3) is 0.800. The van der Waals surface area contributed by atoms with Crippen molar-refractivity contribution in [2.24, 2.45) is 39.7 Å². The van der Waals surface area contributed by atoms with Crippen LogP contribution in [-0.4, -0.2) is 83.8 Å². The van der Waals surface area contributed by atoms with E-state index < -0.39 is 83.2 Å². The minimum atomic E-state index is -5.09. The summed E-state index contributed by atoms with van der Waals surface area (Å²) in [6.45, 7) is 13.9. The van der Waals surface area contributed by atoms with E-state index in [0.29, 0.717) is 0 Å². The van der Waals surface area contributed by atoms with Crippen molar-refractivity contribution in [2.75, 3.05) is 13.1 Å². The quantitative estimate of drug-likeness (QED) is 0.213. The zero-order valence-corrected chi connectivity index (χ0v) is 27.2. The number of hydrogen-bond acceptors (Lipinski definition) is 6. The molecule has 1 aliphatic heterocycles. The Morgan fingerprint density at radius 1 is 0.911 bits per heavy atom. The van der Waals surface area contributed by atoms with E-state index in [4.69, 9.17) is 5.73 Å². The van der Waals surface area contributed by atoms with Crippen molar-refractivity contribution >= 4 is 35.4 Å². The summed E-state index contributed by atoms with van der Waals surface area (Å²) in [7, 11) is 0. The van der Waals surface area contributed by atoms with Gasteiger partial charge in [-0.1, -0.05) is 68.2 Å². The minimum Gasteiger partial charge on any atom is -0.363 e. The molecule has 0 radical (unpaired) electrons. The molecule has 1 heterocycles. The van der Waals surface area contributed by atoms with Gasteiger partial charge < -0.3 is 31.9 Å². The smallest absolute Gasteiger partial charge is 0.363 e. The van der Waals surface area contributed by atoms with Gasteiger partial charge in [-0.15, -0.1) is 0 Å². The van der Waals surface area contributed by atoms with Crippen LogP contribution in [0.1, 0.15) is 74.7 Å². The van der Waals surface area contributed by atoms with Gasteiger partial charge in [0.25, 0.3) is 5.91 Å². The lowest BCUT2D eigenvalue weighted by molar-refractivity contribution is -0.173. The molecule has 6 N–H and O–H groups in total. The number of carbonyl (C=O) groups excluding carboxylic acids is 6. The second-order valence-corrected chi connectivity index (χ2v) is 15.4. The molecule has 3 aliphatic rings. The van der Waals surface area contributed by atoms with Crippen molar-refractivity contribution in [1.29, 1.82) is 0 Å². The van der Waals surface area contributed by atoms with E-state index in [1.54, 1.807) is 46.9 Å². The van der Waals surface area contributed by atoms with Gasteiger partial charge in [0.15, 0.2) is 0 Å². The minimum absolute atomic E-state index is 0.0112. The predicted octanol–water partition coefficient (Wildman–Crippen LogP) is 1.62. The van der Waals surface area contributed by atoms with Crippen molar-refractivity contribution in [3.8, 4) is 0 Å². The van der Waals surface area contributed by atoms with Gasteiger partial charge in [-0.25, -0.2) is 4.79 Å². The molecular weight excluding hydrogens is 597 g/mol. The molecule has 0 aromatic heterocycles. The summed E-state index contributed by atoms with van der Waals surface area (Å²) in [5, 5.41) is 9.71. The van der Waals surface area contributed by atoms with Crippen LogP contribution in [0.3, 0.4) is 0 Å².